The van der Waals surface area contributed by atoms with Crippen molar-refractivity contribution in [2.45, 2.75) is 13.0 Å². The van der Waals surface area contributed by atoms with E-state index >= 15 is 0 Å². The molecular weight excluding hydrogens is 304 g/mol. The Balaban J connectivity index is 1.61. The summed E-state index contributed by atoms with van der Waals surface area (Å²) >= 11 is 5.89. The second kappa shape index (κ2) is 6.23. The number of carbonyl (C=O) groups is 2. The van der Waals surface area contributed by atoms with Gasteiger partial charge in [-0.25, -0.2) is 0 Å². The molecule has 1 atom stereocenters. The number of rotatable bonds is 4. The van der Waals surface area contributed by atoms with E-state index in [1.165, 1.54) is 0 Å². The Bertz CT molecular complexity index is 684. The summed E-state index contributed by atoms with van der Waals surface area (Å²) < 4.78 is 5.24. The number of nitrogens with one attached hydrogen (secondary N) is 1. The summed E-state index contributed by atoms with van der Waals surface area (Å²) in [5.41, 5.74) is 0.634. The van der Waals surface area contributed by atoms with Crippen LogP contribution in [0.15, 0.2) is 47.1 Å². The molecule has 2 aromatic rings. The van der Waals surface area contributed by atoms with Crippen molar-refractivity contribution in [2.24, 2.45) is 5.92 Å². The maximum absolute atomic E-state index is 12.3. The van der Waals surface area contributed by atoms with E-state index in [2.05, 4.69) is 5.32 Å². The maximum atomic E-state index is 12.3. The Morgan fingerprint density at radius 1 is 1.36 bits per heavy atom. The van der Waals surface area contributed by atoms with Crippen molar-refractivity contribution in [2.75, 3.05) is 11.9 Å². The lowest BCUT2D eigenvalue weighted by molar-refractivity contribution is -0.128. The van der Waals surface area contributed by atoms with Gasteiger partial charge >= 0.3 is 0 Å². The molecule has 3 rings (SSSR count). The molecule has 2 amide bonds. The fourth-order valence-electron chi connectivity index (χ4n) is 2.50. The number of amides is 2. The lowest BCUT2D eigenvalue weighted by Crippen LogP contribution is -2.27. The first-order chi connectivity index (χ1) is 10.6. The average molecular weight is 319 g/mol. The molecule has 5 nitrogen and oxygen atoms in total. The van der Waals surface area contributed by atoms with Crippen LogP contribution < -0.4 is 5.32 Å². The number of carbonyl (C=O) groups excluding carboxylic acids is 2. The van der Waals surface area contributed by atoms with Crippen molar-refractivity contribution < 1.29 is 14.0 Å². The molecule has 1 aromatic heterocycles. The molecule has 0 aliphatic carbocycles. The Kier molecular flexibility index (Phi) is 4.15. The SMILES string of the molecule is O=C(Nc1cccc(Cl)c1)[C@@H]1CC(=O)N(Cc2ccco2)C1. The standard InChI is InChI=1S/C16H15ClN2O3/c17-12-3-1-4-13(8-12)18-16(21)11-7-15(20)19(9-11)10-14-5-2-6-22-14/h1-6,8,11H,7,9-10H2,(H,18,21)/t11-/m1/s1. The number of anilines is 1. The summed E-state index contributed by atoms with van der Waals surface area (Å²) in [5, 5.41) is 3.35. The molecule has 6 heteroatoms. The highest BCUT2D eigenvalue weighted by Gasteiger charge is 2.34. The van der Waals surface area contributed by atoms with Gasteiger partial charge < -0.3 is 14.6 Å². The molecule has 1 aliphatic rings. The first-order valence-corrected chi connectivity index (χ1v) is 7.36. The van der Waals surface area contributed by atoms with Crippen molar-refractivity contribution in [1.29, 1.82) is 0 Å². The molecule has 2 heterocycles. The summed E-state index contributed by atoms with van der Waals surface area (Å²) in [6.45, 7) is 0.790. The third-order valence-corrected chi connectivity index (χ3v) is 3.84. The van der Waals surface area contributed by atoms with E-state index in [0.29, 0.717) is 29.6 Å². The van der Waals surface area contributed by atoms with Gasteiger partial charge in [0.15, 0.2) is 0 Å². The van der Waals surface area contributed by atoms with E-state index in [-0.39, 0.29) is 24.2 Å². The van der Waals surface area contributed by atoms with Gasteiger partial charge in [0.1, 0.15) is 5.76 Å². The van der Waals surface area contributed by atoms with Crippen LogP contribution in [0.25, 0.3) is 0 Å². The number of benzene rings is 1. The van der Waals surface area contributed by atoms with Gasteiger partial charge in [-0.2, -0.15) is 0 Å². The Hall–Kier alpha value is -2.27. The van der Waals surface area contributed by atoms with Gasteiger partial charge in [-0.3, -0.25) is 9.59 Å². The first-order valence-electron chi connectivity index (χ1n) is 6.98. The van der Waals surface area contributed by atoms with E-state index in [4.69, 9.17) is 16.0 Å². The van der Waals surface area contributed by atoms with Crippen molar-refractivity contribution in [3.05, 3.63) is 53.4 Å². The highest BCUT2D eigenvalue weighted by atomic mass is 35.5. The van der Waals surface area contributed by atoms with Crippen LogP contribution in [0.3, 0.4) is 0 Å². The lowest BCUT2D eigenvalue weighted by atomic mass is 10.1. The van der Waals surface area contributed by atoms with Crippen molar-refractivity contribution in [3.8, 4) is 0 Å². The first kappa shape index (κ1) is 14.7. The summed E-state index contributed by atoms with van der Waals surface area (Å²) in [7, 11) is 0. The number of furan rings is 1. The number of halogens is 1. The summed E-state index contributed by atoms with van der Waals surface area (Å²) in [6.07, 6.45) is 1.78. The smallest absolute Gasteiger partial charge is 0.229 e. The third-order valence-electron chi connectivity index (χ3n) is 3.60. The lowest BCUT2D eigenvalue weighted by Gasteiger charge is -2.15. The molecule has 1 saturated heterocycles. The molecule has 1 aliphatic heterocycles. The molecule has 1 N–H and O–H groups in total. The minimum absolute atomic E-state index is 0.0392. The zero-order chi connectivity index (χ0) is 15.5. The number of hydrogen-bond donors (Lipinski definition) is 1. The number of nitrogens with zero attached hydrogens (tertiary/aromatic N) is 1. The van der Waals surface area contributed by atoms with E-state index < -0.39 is 0 Å². The molecule has 0 saturated carbocycles. The zero-order valence-electron chi connectivity index (χ0n) is 11.8. The Morgan fingerprint density at radius 2 is 2.23 bits per heavy atom. The van der Waals surface area contributed by atoms with Crippen LogP contribution in [0, 0.1) is 5.92 Å². The Morgan fingerprint density at radius 3 is 2.95 bits per heavy atom. The van der Waals surface area contributed by atoms with E-state index in [9.17, 15) is 9.59 Å². The van der Waals surface area contributed by atoms with Gasteiger partial charge in [-0.15, -0.1) is 0 Å². The summed E-state index contributed by atoms with van der Waals surface area (Å²) in [4.78, 5) is 25.9. The largest absolute Gasteiger partial charge is 0.467 e. The Labute approximate surface area is 132 Å². The van der Waals surface area contributed by atoms with E-state index in [1.54, 1.807) is 41.5 Å². The van der Waals surface area contributed by atoms with Gasteiger partial charge in [0.2, 0.25) is 11.8 Å². The predicted molar refractivity (Wildman–Crippen MR) is 82.3 cm³/mol. The van der Waals surface area contributed by atoms with Gasteiger partial charge in [0, 0.05) is 23.7 Å². The van der Waals surface area contributed by atoms with Crippen LogP contribution >= 0.6 is 11.6 Å². The van der Waals surface area contributed by atoms with Crippen molar-refractivity contribution in [3.63, 3.8) is 0 Å². The van der Waals surface area contributed by atoms with Crippen LogP contribution in [-0.4, -0.2) is 23.3 Å². The van der Waals surface area contributed by atoms with Gasteiger partial charge in [-0.05, 0) is 30.3 Å². The number of hydrogen-bond acceptors (Lipinski definition) is 3. The molecule has 0 bridgehead atoms. The van der Waals surface area contributed by atoms with Crippen LogP contribution in [0.1, 0.15) is 12.2 Å². The van der Waals surface area contributed by atoms with Gasteiger partial charge in [0.05, 0.1) is 18.7 Å². The van der Waals surface area contributed by atoms with Gasteiger partial charge in [0.25, 0.3) is 0 Å². The topological polar surface area (TPSA) is 62.6 Å². The van der Waals surface area contributed by atoms with Crippen LogP contribution in [0.5, 0.6) is 0 Å². The minimum Gasteiger partial charge on any atom is -0.467 e. The average Bonchev–Trinajstić information content (AvgIpc) is 3.10. The van der Waals surface area contributed by atoms with Crippen LogP contribution in [-0.2, 0) is 16.1 Å². The van der Waals surface area contributed by atoms with Crippen LogP contribution in [0.4, 0.5) is 5.69 Å². The zero-order valence-corrected chi connectivity index (χ0v) is 12.5. The highest BCUT2D eigenvalue weighted by molar-refractivity contribution is 6.30. The normalized spacial score (nSPS) is 17.8. The van der Waals surface area contributed by atoms with E-state index in [1.807, 2.05) is 6.07 Å². The second-order valence-electron chi connectivity index (χ2n) is 5.25. The molecule has 0 spiro atoms. The predicted octanol–water partition coefficient (Wildman–Crippen LogP) is 2.92. The molecule has 0 unspecified atom stereocenters. The maximum Gasteiger partial charge on any atom is 0.229 e. The quantitative estimate of drug-likeness (QED) is 0.942. The summed E-state index contributed by atoms with van der Waals surface area (Å²) in [6, 6.07) is 10.5. The monoisotopic (exact) mass is 318 g/mol. The molecular formula is C16H15ClN2O3. The molecule has 1 aromatic carbocycles. The van der Waals surface area contributed by atoms with Crippen molar-refractivity contribution in [1.82, 2.24) is 4.90 Å². The fraction of sp³-hybridized carbons (Fsp3) is 0.250. The molecule has 22 heavy (non-hydrogen) atoms. The second-order valence-corrected chi connectivity index (χ2v) is 5.69. The van der Waals surface area contributed by atoms with E-state index in [0.717, 1.165) is 0 Å². The number of likely N-dealkylation sites (tertiary alicyclic amines) is 1. The molecule has 0 radical (unpaired) electrons. The summed E-state index contributed by atoms with van der Waals surface area (Å²) in [5.74, 6) is 0.144. The van der Waals surface area contributed by atoms with Crippen molar-refractivity contribution >= 4 is 29.1 Å². The minimum atomic E-state index is -0.360. The molecule has 1 fully saturated rings. The third kappa shape index (κ3) is 3.31. The van der Waals surface area contributed by atoms with Gasteiger partial charge in [-0.1, -0.05) is 17.7 Å². The fourth-order valence-corrected chi connectivity index (χ4v) is 2.69. The highest BCUT2D eigenvalue weighted by Crippen LogP contribution is 2.23. The molecule has 114 valence electrons. The van der Waals surface area contributed by atoms with Crippen LogP contribution in [0.2, 0.25) is 5.02 Å².